The van der Waals surface area contributed by atoms with Crippen molar-refractivity contribution in [3.63, 3.8) is 0 Å². The molecule has 12 heavy (non-hydrogen) atoms. The van der Waals surface area contributed by atoms with Gasteiger partial charge in [-0.15, -0.1) is 0 Å². The average Bonchev–Trinajstić information content (AvgIpc) is 2.09. The summed E-state index contributed by atoms with van der Waals surface area (Å²) < 4.78 is 17.6. The zero-order valence-corrected chi connectivity index (χ0v) is 6.58. The lowest BCUT2D eigenvalue weighted by molar-refractivity contribution is 0.111. The van der Waals surface area contributed by atoms with Gasteiger partial charge in [-0.2, -0.15) is 0 Å². The fraction of sp³-hybridized carbons (Fsp3) is 0.250. The predicted molar refractivity (Wildman–Crippen MR) is 40.8 cm³/mol. The van der Waals surface area contributed by atoms with Crippen LogP contribution in [0.25, 0.3) is 0 Å². The summed E-state index contributed by atoms with van der Waals surface area (Å²) in [5, 5.41) is 0. The highest BCUT2D eigenvalue weighted by Crippen LogP contribution is 2.10. The number of aromatic nitrogens is 1. The van der Waals surface area contributed by atoms with Crippen molar-refractivity contribution in [3.8, 4) is 5.88 Å². The maximum Gasteiger partial charge on any atom is 0.214 e. The van der Waals surface area contributed by atoms with Gasteiger partial charge in [0, 0.05) is 6.07 Å². The molecule has 0 amide bonds. The van der Waals surface area contributed by atoms with Gasteiger partial charge in [-0.3, -0.25) is 4.79 Å². The Bertz CT molecular complexity index is 288. The standard InChI is InChI=1S/C8H8FNO2/c1-2-12-8-3-6(5-11)7(9)4-10-8/h3-5H,2H2,1H3. The summed E-state index contributed by atoms with van der Waals surface area (Å²) in [5.74, 6) is -0.366. The van der Waals surface area contributed by atoms with Crippen molar-refractivity contribution in [3.05, 3.63) is 23.6 Å². The number of nitrogens with zero attached hydrogens (tertiary/aromatic N) is 1. The van der Waals surface area contributed by atoms with Crippen LogP contribution in [0.2, 0.25) is 0 Å². The molecule has 1 heterocycles. The van der Waals surface area contributed by atoms with E-state index in [0.717, 1.165) is 6.20 Å². The molecule has 0 radical (unpaired) electrons. The molecule has 0 aliphatic carbocycles. The molecule has 1 aromatic heterocycles. The van der Waals surface area contributed by atoms with Gasteiger partial charge in [0.05, 0.1) is 18.4 Å². The van der Waals surface area contributed by atoms with Gasteiger partial charge in [-0.05, 0) is 6.92 Å². The Morgan fingerprint density at radius 2 is 2.50 bits per heavy atom. The molecule has 0 saturated carbocycles. The first-order chi connectivity index (χ1) is 5.77. The molecule has 3 nitrogen and oxygen atoms in total. The zero-order valence-electron chi connectivity index (χ0n) is 6.58. The number of hydrogen-bond donors (Lipinski definition) is 0. The molecular formula is C8H8FNO2. The number of pyridine rings is 1. The van der Waals surface area contributed by atoms with E-state index in [4.69, 9.17) is 4.74 Å². The topological polar surface area (TPSA) is 39.2 Å². The lowest BCUT2D eigenvalue weighted by atomic mass is 10.3. The highest BCUT2D eigenvalue weighted by molar-refractivity contribution is 5.75. The molecule has 0 saturated heterocycles. The normalized spacial score (nSPS) is 9.50. The van der Waals surface area contributed by atoms with Crippen molar-refractivity contribution < 1.29 is 13.9 Å². The molecule has 0 bridgehead atoms. The van der Waals surface area contributed by atoms with Crippen molar-refractivity contribution >= 4 is 6.29 Å². The van der Waals surface area contributed by atoms with Crippen LogP contribution < -0.4 is 4.74 Å². The van der Waals surface area contributed by atoms with Crippen molar-refractivity contribution in [2.45, 2.75) is 6.92 Å². The summed E-state index contributed by atoms with van der Waals surface area (Å²) in [6.07, 6.45) is 1.40. The Morgan fingerprint density at radius 3 is 3.08 bits per heavy atom. The van der Waals surface area contributed by atoms with Crippen molar-refractivity contribution in [1.82, 2.24) is 4.98 Å². The minimum absolute atomic E-state index is 0.0338. The van der Waals surface area contributed by atoms with Crippen LogP contribution >= 0.6 is 0 Å². The number of carbonyl (C=O) groups is 1. The molecule has 0 atom stereocenters. The second kappa shape index (κ2) is 3.80. The zero-order chi connectivity index (χ0) is 8.97. The van der Waals surface area contributed by atoms with E-state index < -0.39 is 5.82 Å². The van der Waals surface area contributed by atoms with E-state index in [1.165, 1.54) is 6.07 Å². The van der Waals surface area contributed by atoms with Crippen LogP contribution in [0, 0.1) is 5.82 Å². The monoisotopic (exact) mass is 169 g/mol. The maximum absolute atomic E-state index is 12.7. The van der Waals surface area contributed by atoms with E-state index in [-0.39, 0.29) is 11.4 Å². The first-order valence-electron chi connectivity index (χ1n) is 3.51. The summed E-state index contributed by atoms with van der Waals surface area (Å²) in [4.78, 5) is 13.9. The van der Waals surface area contributed by atoms with Crippen LogP contribution in [0.1, 0.15) is 17.3 Å². The molecule has 0 aromatic carbocycles. The van der Waals surface area contributed by atoms with Gasteiger partial charge >= 0.3 is 0 Å². The van der Waals surface area contributed by atoms with Crippen LogP contribution in [0.4, 0.5) is 4.39 Å². The number of halogens is 1. The number of rotatable bonds is 3. The van der Waals surface area contributed by atoms with Gasteiger partial charge in [0.1, 0.15) is 0 Å². The fourth-order valence-electron chi connectivity index (χ4n) is 0.751. The number of aldehydes is 1. The highest BCUT2D eigenvalue weighted by atomic mass is 19.1. The molecule has 0 fully saturated rings. The molecule has 64 valence electrons. The molecule has 1 rings (SSSR count). The van der Waals surface area contributed by atoms with Gasteiger partial charge in [0.25, 0.3) is 0 Å². The lowest BCUT2D eigenvalue weighted by Gasteiger charge is -2.01. The SMILES string of the molecule is CCOc1cc(C=O)c(F)cn1. The molecule has 0 spiro atoms. The van der Waals surface area contributed by atoms with E-state index in [9.17, 15) is 9.18 Å². The van der Waals surface area contributed by atoms with E-state index in [1.54, 1.807) is 6.92 Å². The molecule has 0 aliphatic heterocycles. The van der Waals surface area contributed by atoms with Crippen LogP contribution in [-0.4, -0.2) is 17.9 Å². The van der Waals surface area contributed by atoms with Crippen molar-refractivity contribution in [1.29, 1.82) is 0 Å². The van der Waals surface area contributed by atoms with E-state index >= 15 is 0 Å². The Kier molecular flexibility index (Phi) is 2.74. The Hall–Kier alpha value is -1.45. The van der Waals surface area contributed by atoms with Gasteiger partial charge < -0.3 is 4.74 Å². The third-order valence-electron chi connectivity index (χ3n) is 1.28. The maximum atomic E-state index is 12.7. The summed E-state index contributed by atoms with van der Waals surface area (Å²) >= 11 is 0. The molecule has 1 aromatic rings. The molecule has 0 N–H and O–H groups in total. The Balaban J connectivity index is 2.96. The predicted octanol–water partition coefficient (Wildman–Crippen LogP) is 1.43. The van der Waals surface area contributed by atoms with Crippen molar-refractivity contribution in [2.75, 3.05) is 6.61 Å². The third kappa shape index (κ3) is 1.78. The first kappa shape index (κ1) is 8.64. The molecule has 4 heteroatoms. The summed E-state index contributed by atoms with van der Waals surface area (Å²) in [6, 6.07) is 1.27. The van der Waals surface area contributed by atoms with Gasteiger partial charge in [0.15, 0.2) is 12.1 Å². The Labute approximate surface area is 69.2 Å². The lowest BCUT2D eigenvalue weighted by Crippen LogP contribution is -1.97. The van der Waals surface area contributed by atoms with E-state index in [2.05, 4.69) is 4.98 Å². The number of hydrogen-bond acceptors (Lipinski definition) is 3. The second-order valence-electron chi connectivity index (χ2n) is 2.09. The van der Waals surface area contributed by atoms with Crippen LogP contribution in [-0.2, 0) is 0 Å². The fourth-order valence-corrected chi connectivity index (χ4v) is 0.751. The highest BCUT2D eigenvalue weighted by Gasteiger charge is 2.03. The molecule has 0 aliphatic rings. The van der Waals surface area contributed by atoms with Crippen LogP contribution in [0.5, 0.6) is 5.88 Å². The number of ether oxygens (including phenoxy) is 1. The quantitative estimate of drug-likeness (QED) is 0.642. The second-order valence-corrected chi connectivity index (χ2v) is 2.09. The van der Waals surface area contributed by atoms with Crippen molar-refractivity contribution in [2.24, 2.45) is 0 Å². The Morgan fingerprint density at radius 1 is 1.75 bits per heavy atom. The smallest absolute Gasteiger partial charge is 0.214 e. The van der Waals surface area contributed by atoms with E-state index in [0.29, 0.717) is 12.9 Å². The van der Waals surface area contributed by atoms with Gasteiger partial charge in [-0.1, -0.05) is 0 Å². The first-order valence-corrected chi connectivity index (χ1v) is 3.51. The molecule has 0 unspecified atom stereocenters. The summed E-state index contributed by atoms with van der Waals surface area (Å²) in [6.45, 7) is 2.22. The third-order valence-corrected chi connectivity index (χ3v) is 1.28. The largest absolute Gasteiger partial charge is 0.478 e. The van der Waals surface area contributed by atoms with Gasteiger partial charge in [0.2, 0.25) is 5.88 Å². The van der Waals surface area contributed by atoms with Gasteiger partial charge in [-0.25, -0.2) is 9.37 Å². The molecular weight excluding hydrogens is 161 g/mol. The minimum Gasteiger partial charge on any atom is -0.478 e. The minimum atomic E-state index is -0.631. The summed E-state index contributed by atoms with van der Waals surface area (Å²) in [7, 11) is 0. The van der Waals surface area contributed by atoms with E-state index in [1.807, 2.05) is 0 Å². The average molecular weight is 169 g/mol. The summed E-state index contributed by atoms with van der Waals surface area (Å²) in [5.41, 5.74) is -0.0338. The number of carbonyl (C=O) groups excluding carboxylic acids is 1. The van der Waals surface area contributed by atoms with Crippen LogP contribution in [0.3, 0.4) is 0 Å². The van der Waals surface area contributed by atoms with Crippen LogP contribution in [0.15, 0.2) is 12.3 Å².